The zero-order chi connectivity index (χ0) is 12.1. The highest BCUT2D eigenvalue weighted by atomic mass is 35.6. The van der Waals surface area contributed by atoms with Crippen molar-refractivity contribution in [1.82, 2.24) is 10.6 Å². The van der Waals surface area contributed by atoms with Crippen molar-refractivity contribution in [2.75, 3.05) is 6.61 Å². The fourth-order valence-electron chi connectivity index (χ4n) is 0.502. The quantitative estimate of drug-likeness (QED) is 0.522. The van der Waals surface area contributed by atoms with E-state index in [9.17, 15) is 9.59 Å². The number of ether oxygens (including phenoxy) is 1. The lowest BCUT2D eigenvalue weighted by atomic mass is 10.6. The largest absolute Gasteiger partial charge is 0.450 e. The second-order valence-corrected chi connectivity index (χ2v) is 4.63. The van der Waals surface area contributed by atoms with Crippen LogP contribution in [0.4, 0.5) is 9.59 Å². The van der Waals surface area contributed by atoms with Gasteiger partial charge in [-0.2, -0.15) is 0 Å². The van der Waals surface area contributed by atoms with Crippen molar-refractivity contribution in [1.29, 1.82) is 0 Å². The molecule has 0 fully saturated rings. The van der Waals surface area contributed by atoms with E-state index in [2.05, 4.69) is 4.74 Å². The highest BCUT2D eigenvalue weighted by Crippen LogP contribution is 2.28. The summed E-state index contributed by atoms with van der Waals surface area (Å²) in [6.07, 6.45) is -2.71. The van der Waals surface area contributed by atoms with Crippen LogP contribution in [0.5, 0.6) is 0 Å². The molecule has 3 N–H and O–H groups in total. The summed E-state index contributed by atoms with van der Waals surface area (Å²) in [5, 5.41) is 12.6. The molecule has 9 heteroatoms. The second-order valence-electron chi connectivity index (χ2n) is 2.26. The number of alkyl carbamates (subject to hydrolysis) is 1. The van der Waals surface area contributed by atoms with Crippen LogP contribution in [0, 0.1) is 0 Å². The van der Waals surface area contributed by atoms with Crippen LogP contribution >= 0.6 is 34.8 Å². The van der Waals surface area contributed by atoms with Crippen molar-refractivity contribution in [3.05, 3.63) is 0 Å². The van der Waals surface area contributed by atoms with Gasteiger partial charge in [0, 0.05) is 0 Å². The minimum Gasteiger partial charge on any atom is -0.450 e. The number of imide groups is 1. The maximum absolute atomic E-state index is 10.9. The summed E-state index contributed by atoms with van der Waals surface area (Å²) in [5.41, 5.74) is 0. The average Bonchev–Trinajstić information content (AvgIpc) is 2.01. The SMILES string of the molecule is CCOC(=O)NC(=O)N[C@H](O)C(Cl)(Cl)Cl. The Morgan fingerprint density at radius 1 is 1.47 bits per heavy atom. The number of carbonyl (C=O) groups excluding carboxylic acids is 2. The molecule has 6 nitrogen and oxygen atoms in total. The molecule has 0 aromatic rings. The van der Waals surface area contributed by atoms with Crippen molar-refractivity contribution in [3.63, 3.8) is 0 Å². The third-order valence-corrected chi connectivity index (χ3v) is 1.69. The Labute approximate surface area is 101 Å². The van der Waals surface area contributed by atoms with Crippen LogP contribution in [-0.4, -0.2) is 33.9 Å². The molecule has 0 rings (SSSR count). The van der Waals surface area contributed by atoms with Crippen molar-refractivity contribution in [3.8, 4) is 0 Å². The van der Waals surface area contributed by atoms with Gasteiger partial charge in [0.05, 0.1) is 6.61 Å². The van der Waals surface area contributed by atoms with Crippen LogP contribution in [-0.2, 0) is 4.74 Å². The number of hydrogen-bond acceptors (Lipinski definition) is 4. The summed E-state index contributed by atoms with van der Waals surface area (Å²) in [5.74, 6) is 0. The number of urea groups is 1. The van der Waals surface area contributed by atoms with Gasteiger partial charge in [-0.05, 0) is 6.92 Å². The third kappa shape index (κ3) is 6.62. The number of rotatable bonds is 2. The van der Waals surface area contributed by atoms with Crippen LogP contribution < -0.4 is 10.6 Å². The molecule has 0 saturated carbocycles. The molecule has 0 aliphatic rings. The molecule has 1 atom stereocenters. The van der Waals surface area contributed by atoms with Gasteiger partial charge in [0.15, 0.2) is 6.23 Å². The molecular formula is C6H9Cl3N2O4. The van der Waals surface area contributed by atoms with E-state index in [-0.39, 0.29) is 6.61 Å². The van der Waals surface area contributed by atoms with Crippen LogP contribution in [0.3, 0.4) is 0 Å². The number of aliphatic hydroxyl groups excluding tert-OH is 1. The summed E-state index contributed by atoms with van der Waals surface area (Å²) < 4.78 is 2.31. The maximum atomic E-state index is 10.9. The number of nitrogens with one attached hydrogen (secondary N) is 2. The van der Waals surface area contributed by atoms with E-state index < -0.39 is 22.1 Å². The Morgan fingerprint density at radius 3 is 2.40 bits per heavy atom. The first kappa shape index (κ1) is 14.6. The molecule has 3 amide bonds. The van der Waals surface area contributed by atoms with Crippen LogP contribution in [0.15, 0.2) is 0 Å². The van der Waals surface area contributed by atoms with Crippen LogP contribution in [0.2, 0.25) is 0 Å². The standard InChI is InChI=1S/C6H9Cl3N2O4/c1-2-15-5(14)11-4(13)10-3(12)6(7,8)9/h3,12H,2H2,1H3,(H2,10,11,13,14)/t3-/m1/s1. The Hall–Kier alpha value is -0.430. The molecule has 88 valence electrons. The normalized spacial score (nSPS) is 12.9. The third-order valence-electron chi connectivity index (χ3n) is 1.07. The predicted octanol–water partition coefficient (Wildman–Crippen LogP) is 1.13. The first-order valence-electron chi connectivity index (χ1n) is 3.76. The lowest BCUT2D eigenvalue weighted by Gasteiger charge is -2.19. The van der Waals surface area contributed by atoms with E-state index >= 15 is 0 Å². The van der Waals surface area contributed by atoms with Crippen LogP contribution in [0.25, 0.3) is 0 Å². The topological polar surface area (TPSA) is 87.7 Å². The molecule has 0 unspecified atom stereocenters. The number of amides is 3. The van der Waals surface area contributed by atoms with Gasteiger partial charge in [-0.1, -0.05) is 34.8 Å². The van der Waals surface area contributed by atoms with Gasteiger partial charge in [-0.15, -0.1) is 0 Å². The zero-order valence-electron chi connectivity index (χ0n) is 7.59. The molecule has 0 heterocycles. The first-order chi connectivity index (χ1) is 6.77. The molecule has 0 aliphatic carbocycles. The molecule has 0 radical (unpaired) electrons. The highest BCUT2D eigenvalue weighted by molar-refractivity contribution is 6.68. The van der Waals surface area contributed by atoms with Crippen molar-refractivity contribution in [2.45, 2.75) is 16.9 Å². The van der Waals surface area contributed by atoms with Crippen molar-refractivity contribution in [2.24, 2.45) is 0 Å². The van der Waals surface area contributed by atoms with Gasteiger partial charge in [0.1, 0.15) is 0 Å². The highest BCUT2D eigenvalue weighted by Gasteiger charge is 2.32. The number of hydrogen-bond donors (Lipinski definition) is 3. The lowest BCUT2D eigenvalue weighted by Crippen LogP contribution is -2.49. The van der Waals surface area contributed by atoms with Crippen molar-refractivity contribution < 1.29 is 19.4 Å². The summed E-state index contributed by atoms with van der Waals surface area (Å²) >= 11 is 15.7. The summed E-state index contributed by atoms with van der Waals surface area (Å²) in [6.45, 7) is 1.67. The number of halogens is 3. The molecule has 0 saturated heterocycles. The van der Waals surface area contributed by atoms with E-state index in [0.717, 1.165) is 0 Å². The van der Waals surface area contributed by atoms with Gasteiger partial charge in [-0.25, -0.2) is 14.9 Å². The molecule has 0 aromatic carbocycles. The number of aliphatic hydroxyl groups is 1. The molecule has 0 spiro atoms. The summed E-state index contributed by atoms with van der Waals surface area (Å²) in [7, 11) is 0. The Balaban J connectivity index is 3.99. The Kier molecular flexibility index (Phi) is 6.04. The first-order valence-corrected chi connectivity index (χ1v) is 4.89. The van der Waals surface area contributed by atoms with E-state index in [1.54, 1.807) is 12.2 Å². The van der Waals surface area contributed by atoms with E-state index in [0.29, 0.717) is 0 Å². The molecule has 0 aliphatic heterocycles. The minimum atomic E-state index is -2.08. The number of carbonyl (C=O) groups is 2. The lowest BCUT2D eigenvalue weighted by molar-refractivity contribution is 0.135. The van der Waals surface area contributed by atoms with Gasteiger partial charge >= 0.3 is 12.1 Å². The fourth-order valence-corrected chi connectivity index (χ4v) is 0.666. The number of alkyl halides is 3. The zero-order valence-corrected chi connectivity index (χ0v) is 9.86. The van der Waals surface area contributed by atoms with Gasteiger partial charge < -0.3 is 15.2 Å². The molecule has 0 aromatic heterocycles. The van der Waals surface area contributed by atoms with Gasteiger partial charge in [0.25, 0.3) is 0 Å². The molecule has 0 bridgehead atoms. The summed E-state index contributed by atoms with van der Waals surface area (Å²) in [6, 6.07) is -1.03. The Morgan fingerprint density at radius 2 is 2.00 bits per heavy atom. The minimum absolute atomic E-state index is 0.103. The monoisotopic (exact) mass is 278 g/mol. The van der Waals surface area contributed by atoms with Gasteiger partial charge in [0.2, 0.25) is 3.79 Å². The van der Waals surface area contributed by atoms with Crippen LogP contribution in [0.1, 0.15) is 6.92 Å². The molecule has 15 heavy (non-hydrogen) atoms. The van der Waals surface area contributed by atoms with E-state index in [4.69, 9.17) is 39.9 Å². The van der Waals surface area contributed by atoms with Crippen molar-refractivity contribution >= 4 is 46.9 Å². The second kappa shape index (κ2) is 6.22. The summed E-state index contributed by atoms with van der Waals surface area (Å²) in [4.78, 5) is 21.6. The maximum Gasteiger partial charge on any atom is 0.415 e. The predicted molar refractivity (Wildman–Crippen MR) is 55.0 cm³/mol. The average molecular weight is 280 g/mol. The van der Waals surface area contributed by atoms with E-state index in [1.165, 1.54) is 0 Å². The van der Waals surface area contributed by atoms with Gasteiger partial charge in [-0.3, -0.25) is 0 Å². The Bertz CT molecular complexity index is 243. The molecular weight excluding hydrogens is 270 g/mol. The smallest absolute Gasteiger partial charge is 0.415 e. The van der Waals surface area contributed by atoms with E-state index in [1.807, 2.05) is 5.32 Å². The fraction of sp³-hybridized carbons (Fsp3) is 0.667.